The summed E-state index contributed by atoms with van der Waals surface area (Å²) in [7, 11) is 0. The van der Waals surface area contributed by atoms with Crippen molar-refractivity contribution >= 4 is 16.7 Å². The van der Waals surface area contributed by atoms with Gasteiger partial charge in [-0.25, -0.2) is 4.68 Å². The minimum Gasteiger partial charge on any atom is -0.366 e. The van der Waals surface area contributed by atoms with E-state index in [-0.39, 0.29) is 0 Å². The van der Waals surface area contributed by atoms with E-state index in [1.54, 1.807) is 0 Å². The molecule has 3 aromatic rings. The molecule has 0 aliphatic rings. The van der Waals surface area contributed by atoms with E-state index in [4.69, 9.17) is 0 Å². The molecule has 17 heavy (non-hydrogen) atoms. The Morgan fingerprint density at radius 3 is 2.59 bits per heavy atom. The lowest BCUT2D eigenvalue weighted by Gasteiger charge is -2.06. The van der Waals surface area contributed by atoms with E-state index >= 15 is 0 Å². The zero-order valence-corrected chi connectivity index (χ0v) is 9.24. The first-order valence-electron chi connectivity index (χ1n) is 5.51. The molecule has 0 aliphatic carbocycles. The van der Waals surface area contributed by atoms with Gasteiger partial charge >= 0.3 is 0 Å². The molecule has 0 aliphatic heterocycles. The summed E-state index contributed by atoms with van der Waals surface area (Å²) < 4.78 is 1.85. The predicted molar refractivity (Wildman–Crippen MR) is 67.6 cm³/mol. The van der Waals surface area contributed by atoms with Crippen molar-refractivity contribution in [1.29, 1.82) is 0 Å². The minimum absolute atomic E-state index is 0.616. The minimum atomic E-state index is 0.616. The maximum Gasteiger partial charge on any atom is 0.113 e. The van der Waals surface area contributed by atoms with Gasteiger partial charge < -0.3 is 5.32 Å². The summed E-state index contributed by atoms with van der Waals surface area (Å²) in [4.78, 5) is 0. The maximum absolute atomic E-state index is 4.11. The van der Waals surface area contributed by atoms with Crippen LogP contribution in [0.4, 0.5) is 5.69 Å². The molecule has 0 bridgehead atoms. The third-order valence-corrected chi connectivity index (χ3v) is 2.63. The third-order valence-electron chi connectivity index (χ3n) is 2.63. The largest absolute Gasteiger partial charge is 0.366 e. The highest BCUT2D eigenvalue weighted by Crippen LogP contribution is 2.10. The van der Waals surface area contributed by atoms with Crippen molar-refractivity contribution < 1.29 is 0 Å². The lowest BCUT2D eigenvalue weighted by Crippen LogP contribution is -2.09. The second kappa shape index (κ2) is 4.25. The predicted octanol–water partition coefficient (Wildman–Crippen LogP) is 2.50. The van der Waals surface area contributed by atoms with E-state index in [2.05, 4.69) is 15.6 Å². The molecule has 84 valence electrons. The van der Waals surface area contributed by atoms with Crippen molar-refractivity contribution in [2.75, 3.05) is 5.32 Å². The number of nitrogens with one attached hydrogen (secondary N) is 1. The number of para-hydroxylation sites is 2. The molecule has 0 amide bonds. The molecule has 0 radical (unpaired) electrons. The van der Waals surface area contributed by atoms with Crippen molar-refractivity contribution in [2.45, 2.75) is 6.67 Å². The molecule has 1 heterocycles. The van der Waals surface area contributed by atoms with Crippen LogP contribution in [0.2, 0.25) is 0 Å². The second-order valence-corrected chi connectivity index (χ2v) is 3.78. The number of hydrogen-bond acceptors (Lipinski definition) is 3. The molecule has 4 nitrogen and oxygen atoms in total. The normalized spacial score (nSPS) is 10.6. The Labute approximate surface area is 98.9 Å². The van der Waals surface area contributed by atoms with Crippen molar-refractivity contribution in [1.82, 2.24) is 15.0 Å². The summed E-state index contributed by atoms with van der Waals surface area (Å²) in [6.07, 6.45) is 0. The van der Waals surface area contributed by atoms with Gasteiger partial charge in [-0.15, -0.1) is 5.10 Å². The Hall–Kier alpha value is -2.36. The smallest absolute Gasteiger partial charge is 0.113 e. The van der Waals surface area contributed by atoms with Crippen LogP contribution in [0.3, 0.4) is 0 Å². The molecule has 0 unspecified atom stereocenters. The highest BCUT2D eigenvalue weighted by atomic mass is 15.4. The summed E-state index contributed by atoms with van der Waals surface area (Å²) in [5, 5.41) is 11.5. The van der Waals surface area contributed by atoms with Crippen LogP contribution in [0.1, 0.15) is 0 Å². The molecular formula is C13H12N4. The van der Waals surface area contributed by atoms with Crippen molar-refractivity contribution in [3.63, 3.8) is 0 Å². The van der Waals surface area contributed by atoms with Crippen LogP contribution in [0.5, 0.6) is 0 Å². The number of fused-ring (bicyclic) bond motifs is 1. The number of nitrogens with zero attached hydrogens (tertiary/aromatic N) is 3. The lowest BCUT2D eigenvalue weighted by molar-refractivity contribution is 0.655. The number of hydrogen-bond donors (Lipinski definition) is 1. The zero-order chi connectivity index (χ0) is 11.5. The summed E-state index contributed by atoms with van der Waals surface area (Å²) in [5.74, 6) is 0. The summed E-state index contributed by atoms with van der Waals surface area (Å²) in [6.45, 7) is 0.616. The fourth-order valence-electron chi connectivity index (χ4n) is 1.76. The zero-order valence-electron chi connectivity index (χ0n) is 9.24. The van der Waals surface area contributed by atoms with Crippen molar-refractivity contribution in [3.8, 4) is 0 Å². The van der Waals surface area contributed by atoms with Gasteiger partial charge in [0.2, 0.25) is 0 Å². The monoisotopic (exact) mass is 224 g/mol. The fraction of sp³-hybridized carbons (Fsp3) is 0.0769. The molecule has 4 heteroatoms. The van der Waals surface area contributed by atoms with Gasteiger partial charge in [-0.05, 0) is 24.3 Å². The number of benzene rings is 2. The topological polar surface area (TPSA) is 42.7 Å². The third kappa shape index (κ3) is 1.97. The van der Waals surface area contributed by atoms with Crippen LogP contribution < -0.4 is 5.32 Å². The van der Waals surface area contributed by atoms with Crippen LogP contribution in [0.15, 0.2) is 54.6 Å². The van der Waals surface area contributed by atoms with Crippen LogP contribution >= 0.6 is 0 Å². The van der Waals surface area contributed by atoms with Gasteiger partial charge in [0.1, 0.15) is 12.2 Å². The average molecular weight is 224 g/mol. The van der Waals surface area contributed by atoms with E-state index in [0.29, 0.717) is 6.67 Å². The molecule has 2 aromatic carbocycles. The van der Waals surface area contributed by atoms with Crippen LogP contribution in [-0.2, 0) is 6.67 Å². The summed E-state index contributed by atoms with van der Waals surface area (Å²) in [6, 6.07) is 18.0. The maximum atomic E-state index is 4.11. The SMILES string of the molecule is c1ccc(NCn2nnc3ccccc32)cc1. The van der Waals surface area contributed by atoms with Gasteiger partial charge in [0.05, 0.1) is 5.52 Å². The van der Waals surface area contributed by atoms with Crippen LogP contribution in [0.25, 0.3) is 11.0 Å². The summed E-state index contributed by atoms with van der Waals surface area (Å²) in [5.41, 5.74) is 3.03. The van der Waals surface area contributed by atoms with Gasteiger partial charge in [0, 0.05) is 5.69 Å². The lowest BCUT2D eigenvalue weighted by atomic mass is 10.3. The van der Waals surface area contributed by atoms with Gasteiger partial charge in [0.25, 0.3) is 0 Å². The number of aromatic nitrogens is 3. The first-order valence-corrected chi connectivity index (χ1v) is 5.51. The molecule has 1 N–H and O–H groups in total. The molecule has 1 aromatic heterocycles. The first-order chi connectivity index (χ1) is 8.43. The highest BCUT2D eigenvalue weighted by Gasteiger charge is 2.01. The Balaban J connectivity index is 1.82. The Morgan fingerprint density at radius 1 is 0.941 bits per heavy atom. The Morgan fingerprint density at radius 2 is 1.71 bits per heavy atom. The summed E-state index contributed by atoms with van der Waals surface area (Å²) >= 11 is 0. The Bertz CT molecular complexity index is 615. The van der Waals surface area contributed by atoms with E-state index in [1.165, 1.54) is 0 Å². The quantitative estimate of drug-likeness (QED) is 0.743. The van der Waals surface area contributed by atoms with E-state index in [1.807, 2.05) is 59.3 Å². The fourth-order valence-corrected chi connectivity index (χ4v) is 1.76. The molecule has 0 fully saturated rings. The van der Waals surface area contributed by atoms with Gasteiger partial charge in [-0.1, -0.05) is 35.5 Å². The van der Waals surface area contributed by atoms with Crippen LogP contribution in [0, 0.1) is 0 Å². The van der Waals surface area contributed by atoms with E-state index < -0.39 is 0 Å². The molecule has 0 saturated carbocycles. The van der Waals surface area contributed by atoms with E-state index in [9.17, 15) is 0 Å². The number of rotatable bonds is 3. The second-order valence-electron chi connectivity index (χ2n) is 3.78. The molecule has 0 saturated heterocycles. The highest BCUT2D eigenvalue weighted by molar-refractivity contribution is 5.73. The van der Waals surface area contributed by atoms with E-state index in [0.717, 1.165) is 16.7 Å². The first kappa shape index (κ1) is 9.84. The molecule has 0 spiro atoms. The van der Waals surface area contributed by atoms with Gasteiger partial charge in [-0.2, -0.15) is 0 Å². The molecule has 3 rings (SSSR count). The van der Waals surface area contributed by atoms with Crippen molar-refractivity contribution in [3.05, 3.63) is 54.6 Å². The Kier molecular flexibility index (Phi) is 2.46. The standard InChI is InChI=1S/C13H12N4/c1-2-6-11(7-3-1)14-10-17-13-9-5-4-8-12(13)15-16-17/h1-9,14H,10H2. The molecular weight excluding hydrogens is 212 g/mol. The van der Waals surface area contributed by atoms with Crippen molar-refractivity contribution in [2.24, 2.45) is 0 Å². The van der Waals surface area contributed by atoms with Crippen LogP contribution in [-0.4, -0.2) is 15.0 Å². The molecule has 0 atom stereocenters. The number of anilines is 1. The van der Waals surface area contributed by atoms with Gasteiger partial charge in [0.15, 0.2) is 0 Å². The van der Waals surface area contributed by atoms with Gasteiger partial charge in [-0.3, -0.25) is 0 Å². The average Bonchev–Trinajstić information content (AvgIpc) is 2.81.